The van der Waals surface area contributed by atoms with Crippen LogP contribution in [0.2, 0.25) is 0 Å². The Bertz CT molecular complexity index is 440. The molecule has 0 radical (unpaired) electrons. The summed E-state index contributed by atoms with van der Waals surface area (Å²) in [5.41, 5.74) is 15.2. The fourth-order valence-corrected chi connectivity index (χ4v) is 1.95. The molecule has 17 heavy (non-hydrogen) atoms. The average molecular weight is 233 g/mol. The lowest BCUT2D eigenvalue weighted by molar-refractivity contribution is 0.207. The van der Waals surface area contributed by atoms with Crippen molar-refractivity contribution in [2.75, 3.05) is 32.4 Å². The molecular formula is C12H19N5. The van der Waals surface area contributed by atoms with Gasteiger partial charge >= 0.3 is 0 Å². The van der Waals surface area contributed by atoms with E-state index in [9.17, 15) is 0 Å². The normalized spacial score (nSPS) is 20.5. The highest BCUT2D eigenvalue weighted by Crippen LogP contribution is 2.19. The number of nitrogens with two attached hydrogens (primary N) is 3. The summed E-state index contributed by atoms with van der Waals surface area (Å²) in [6, 6.07) is 7.55. The zero-order chi connectivity index (χ0) is 12.4. The van der Waals surface area contributed by atoms with Crippen LogP contribution in [0.3, 0.4) is 0 Å². The van der Waals surface area contributed by atoms with E-state index >= 15 is 0 Å². The largest absolute Gasteiger partial charge is 0.399 e. The zero-order valence-corrected chi connectivity index (χ0v) is 10.1. The van der Waals surface area contributed by atoms with Crippen LogP contribution in [0.5, 0.6) is 0 Å². The van der Waals surface area contributed by atoms with Crippen LogP contribution in [-0.4, -0.2) is 36.6 Å². The van der Waals surface area contributed by atoms with E-state index in [0.717, 1.165) is 30.9 Å². The van der Waals surface area contributed by atoms with E-state index in [1.807, 2.05) is 24.3 Å². The lowest BCUT2D eigenvalue weighted by Crippen LogP contribution is -2.47. The molecule has 0 aliphatic carbocycles. The standard InChI is InChI=1S/C12H19N5/c1-16-5-6-17(15)11(8-16)12(14)9-3-2-4-10(13)7-9/h2-4,7H,5-6,8,13-15H2,1H3/b12-11-. The molecule has 0 aromatic heterocycles. The third kappa shape index (κ3) is 2.51. The molecule has 1 saturated heterocycles. The van der Waals surface area contributed by atoms with Gasteiger partial charge in [0.15, 0.2) is 0 Å². The van der Waals surface area contributed by atoms with Crippen LogP contribution in [0.15, 0.2) is 30.0 Å². The van der Waals surface area contributed by atoms with Gasteiger partial charge in [0.05, 0.1) is 11.4 Å². The molecule has 2 rings (SSSR count). The number of hydrogen-bond donors (Lipinski definition) is 3. The molecule has 5 heteroatoms. The topological polar surface area (TPSA) is 84.5 Å². The summed E-state index contributed by atoms with van der Waals surface area (Å²) < 4.78 is 0. The van der Waals surface area contributed by atoms with Crippen molar-refractivity contribution < 1.29 is 0 Å². The molecule has 5 nitrogen and oxygen atoms in total. The van der Waals surface area contributed by atoms with Crippen LogP contribution in [0, 0.1) is 0 Å². The minimum Gasteiger partial charge on any atom is -0.399 e. The van der Waals surface area contributed by atoms with Crippen molar-refractivity contribution in [2.45, 2.75) is 0 Å². The SMILES string of the molecule is CN1CCN(N)/C(=C(\N)c2cccc(N)c2)C1. The van der Waals surface area contributed by atoms with E-state index < -0.39 is 0 Å². The zero-order valence-electron chi connectivity index (χ0n) is 10.1. The first-order valence-corrected chi connectivity index (χ1v) is 5.63. The van der Waals surface area contributed by atoms with Crippen LogP contribution in [-0.2, 0) is 0 Å². The van der Waals surface area contributed by atoms with Crippen LogP contribution in [0.25, 0.3) is 5.70 Å². The van der Waals surface area contributed by atoms with Crippen molar-refractivity contribution in [3.63, 3.8) is 0 Å². The minimum atomic E-state index is 0.700. The van der Waals surface area contributed by atoms with Gasteiger partial charge in [-0.2, -0.15) is 0 Å². The van der Waals surface area contributed by atoms with Gasteiger partial charge in [0.2, 0.25) is 0 Å². The van der Waals surface area contributed by atoms with Gasteiger partial charge in [0.25, 0.3) is 0 Å². The van der Waals surface area contributed by atoms with Crippen molar-refractivity contribution in [3.8, 4) is 0 Å². The summed E-state index contributed by atoms with van der Waals surface area (Å²) in [7, 11) is 2.06. The Kier molecular flexibility index (Phi) is 3.21. The second kappa shape index (κ2) is 4.65. The highest BCUT2D eigenvalue weighted by Gasteiger charge is 2.19. The van der Waals surface area contributed by atoms with Crippen molar-refractivity contribution in [1.82, 2.24) is 9.91 Å². The molecule has 1 heterocycles. The van der Waals surface area contributed by atoms with Gasteiger partial charge in [-0.3, -0.25) is 4.90 Å². The van der Waals surface area contributed by atoms with Crippen LogP contribution >= 0.6 is 0 Å². The number of piperazine rings is 1. The number of nitrogens with zero attached hydrogens (tertiary/aromatic N) is 2. The smallest absolute Gasteiger partial charge is 0.0667 e. The quantitative estimate of drug-likeness (QED) is 0.470. The Morgan fingerprint density at radius 3 is 2.76 bits per heavy atom. The van der Waals surface area contributed by atoms with Gasteiger partial charge in [-0.1, -0.05) is 12.1 Å². The summed E-state index contributed by atoms with van der Waals surface area (Å²) in [6.45, 7) is 2.50. The number of nitrogen functional groups attached to an aromatic ring is 1. The molecule has 0 amide bonds. The second-order valence-corrected chi connectivity index (χ2v) is 4.42. The Morgan fingerprint density at radius 2 is 2.06 bits per heavy atom. The number of hydrazine groups is 1. The summed E-state index contributed by atoms with van der Waals surface area (Å²) >= 11 is 0. The van der Waals surface area contributed by atoms with E-state index in [1.54, 1.807) is 5.01 Å². The average Bonchev–Trinajstić information content (AvgIpc) is 2.31. The van der Waals surface area contributed by atoms with Gasteiger partial charge in [-0.15, -0.1) is 0 Å². The third-order valence-corrected chi connectivity index (χ3v) is 3.00. The molecule has 1 aliphatic rings. The fourth-order valence-electron chi connectivity index (χ4n) is 1.95. The number of likely N-dealkylation sites (N-methyl/N-ethyl adjacent to an activating group) is 1. The van der Waals surface area contributed by atoms with E-state index in [-0.39, 0.29) is 0 Å². The fraction of sp³-hybridized carbons (Fsp3) is 0.333. The molecule has 1 aromatic rings. The predicted molar refractivity (Wildman–Crippen MR) is 70.4 cm³/mol. The predicted octanol–water partition coefficient (Wildman–Crippen LogP) is 0.0172. The van der Waals surface area contributed by atoms with E-state index in [2.05, 4.69) is 11.9 Å². The summed E-state index contributed by atoms with van der Waals surface area (Å²) in [4.78, 5) is 2.19. The molecule has 0 bridgehead atoms. The highest BCUT2D eigenvalue weighted by molar-refractivity contribution is 5.68. The van der Waals surface area contributed by atoms with Gasteiger partial charge in [-0.05, 0) is 19.2 Å². The first-order valence-electron chi connectivity index (χ1n) is 5.63. The maximum absolute atomic E-state index is 6.17. The van der Waals surface area contributed by atoms with E-state index in [1.165, 1.54) is 0 Å². The molecule has 92 valence electrons. The Labute approximate surface area is 101 Å². The van der Waals surface area contributed by atoms with Gasteiger partial charge < -0.3 is 16.5 Å². The molecule has 1 fully saturated rings. The highest BCUT2D eigenvalue weighted by atomic mass is 15.4. The van der Waals surface area contributed by atoms with Crippen molar-refractivity contribution in [3.05, 3.63) is 35.5 Å². The lowest BCUT2D eigenvalue weighted by Gasteiger charge is -2.34. The maximum Gasteiger partial charge on any atom is 0.0667 e. The lowest BCUT2D eigenvalue weighted by atomic mass is 10.1. The van der Waals surface area contributed by atoms with Crippen LogP contribution in [0.1, 0.15) is 5.56 Å². The number of benzene rings is 1. The molecule has 0 atom stereocenters. The molecule has 1 aliphatic heterocycles. The van der Waals surface area contributed by atoms with Crippen molar-refractivity contribution >= 4 is 11.4 Å². The Morgan fingerprint density at radius 1 is 1.29 bits per heavy atom. The van der Waals surface area contributed by atoms with E-state index in [0.29, 0.717) is 11.4 Å². The molecule has 6 N–H and O–H groups in total. The minimum absolute atomic E-state index is 0.700. The second-order valence-electron chi connectivity index (χ2n) is 4.42. The number of anilines is 1. The molecule has 1 aromatic carbocycles. The van der Waals surface area contributed by atoms with Gasteiger partial charge in [0, 0.05) is 30.9 Å². The third-order valence-electron chi connectivity index (χ3n) is 3.00. The Balaban J connectivity index is 2.36. The van der Waals surface area contributed by atoms with Crippen molar-refractivity contribution in [1.29, 1.82) is 0 Å². The van der Waals surface area contributed by atoms with E-state index in [4.69, 9.17) is 17.3 Å². The number of hydrogen-bond acceptors (Lipinski definition) is 5. The molecule has 0 unspecified atom stereocenters. The molecular weight excluding hydrogens is 214 g/mol. The Hall–Kier alpha value is -1.72. The summed E-state index contributed by atoms with van der Waals surface area (Å²) in [5, 5.41) is 1.72. The molecule has 0 saturated carbocycles. The van der Waals surface area contributed by atoms with Gasteiger partial charge in [-0.25, -0.2) is 5.84 Å². The van der Waals surface area contributed by atoms with Crippen molar-refractivity contribution in [2.24, 2.45) is 11.6 Å². The first kappa shape index (κ1) is 11.8. The van der Waals surface area contributed by atoms with Crippen LogP contribution < -0.4 is 17.3 Å². The van der Waals surface area contributed by atoms with Crippen LogP contribution in [0.4, 0.5) is 5.69 Å². The summed E-state index contributed by atoms with van der Waals surface area (Å²) in [5.74, 6) is 5.96. The van der Waals surface area contributed by atoms with Gasteiger partial charge in [0.1, 0.15) is 0 Å². The maximum atomic E-state index is 6.17. The molecule has 0 spiro atoms. The monoisotopic (exact) mass is 233 g/mol. The first-order chi connectivity index (χ1) is 8.08. The summed E-state index contributed by atoms with van der Waals surface area (Å²) in [6.07, 6.45) is 0. The number of rotatable bonds is 1.